The molecule has 0 fully saturated rings. The van der Waals surface area contributed by atoms with Gasteiger partial charge in [0.1, 0.15) is 0 Å². The molecule has 1 aliphatic rings. The van der Waals surface area contributed by atoms with Crippen LogP contribution in [0.4, 0.5) is 0 Å². The molecule has 1 rings (SSSR count). The number of ether oxygens (including phenoxy) is 1. The van der Waals surface area contributed by atoms with E-state index in [1.165, 1.54) is 7.11 Å². The summed E-state index contributed by atoms with van der Waals surface area (Å²) in [5, 5.41) is 0. The molecule has 5 heteroatoms. The third kappa shape index (κ3) is 2.92. The maximum Gasteiger partial charge on any atom is 0.310 e. The van der Waals surface area contributed by atoms with Crippen LogP contribution in [-0.2, 0) is 19.1 Å². The number of hydrogen-bond donors (Lipinski definition) is 0. The van der Waals surface area contributed by atoms with Crippen molar-refractivity contribution in [3.63, 3.8) is 0 Å². The lowest BCUT2D eigenvalue weighted by Crippen LogP contribution is -2.46. The maximum atomic E-state index is 12.6. The summed E-state index contributed by atoms with van der Waals surface area (Å²) >= 11 is 0. The second kappa shape index (κ2) is 6.68. The normalized spacial score (nSPS) is 25.9. The average Bonchev–Trinajstić information content (AvgIpc) is 2.44. The summed E-state index contributed by atoms with van der Waals surface area (Å²) in [6.07, 6.45) is 1.62. The highest BCUT2D eigenvalue weighted by atomic mass is 16.5. The van der Waals surface area contributed by atoms with Crippen molar-refractivity contribution in [2.45, 2.75) is 27.7 Å². The van der Waals surface area contributed by atoms with Gasteiger partial charge in [-0.2, -0.15) is 0 Å². The van der Waals surface area contributed by atoms with Gasteiger partial charge in [-0.1, -0.05) is 13.0 Å². The molecule has 1 aliphatic carbocycles. The number of hydrogen-bond acceptors (Lipinski definition) is 4. The molecular formula is C15H23NO4. The van der Waals surface area contributed by atoms with Gasteiger partial charge in [-0.3, -0.25) is 14.4 Å². The summed E-state index contributed by atoms with van der Waals surface area (Å²) in [5.41, 5.74) is 0.545. The average molecular weight is 281 g/mol. The van der Waals surface area contributed by atoms with Crippen LogP contribution in [0.1, 0.15) is 27.7 Å². The SMILES string of the molecule is CCN(CC)C(=O)[C@H]1C=C(C)C(=O)[C@@H](C)[C@H]1C(=O)OC. The minimum atomic E-state index is -0.732. The van der Waals surface area contributed by atoms with Crippen molar-refractivity contribution in [1.82, 2.24) is 4.90 Å². The van der Waals surface area contributed by atoms with Crippen molar-refractivity contribution in [2.75, 3.05) is 20.2 Å². The first-order valence-corrected chi connectivity index (χ1v) is 6.98. The molecule has 3 atom stereocenters. The first-order valence-electron chi connectivity index (χ1n) is 6.98. The molecule has 112 valence electrons. The molecule has 0 aliphatic heterocycles. The molecule has 0 N–H and O–H groups in total. The topological polar surface area (TPSA) is 63.7 Å². The molecule has 0 spiro atoms. The van der Waals surface area contributed by atoms with Crippen LogP contribution >= 0.6 is 0 Å². The predicted molar refractivity (Wildman–Crippen MR) is 74.9 cm³/mol. The van der Waals surface area contributed by atoms with Crippen LogP contribution in [0, 0.1) is 17.8 Å². The Bertz CT molecular complexity index is 437. The molecule has 0 heterocycles. The summed E-state index contributed by atoms with van der Waals surface area (Å²) in [6, 6.07) is 0. The molecular weight excluding hydrogens is 258 g/mol. The van der Waals surface area contributed by atoms with Gasteiger partial charge >= 0.3 is 5.97 Å². The zero-order valence-corrected chi connectivity index (χ0v) is 12.8. The van der Waals surface area contributed by atoms with Gasteiger partial charge in [0.05, 0.1) is 18.9 Å². The zero-order valence-electron chi connectivity index (χ0n) is 12.8. The zero-order chi connectivity index (χ0) is 15.4. The van der Waals surface area contributed by atoms with E-state index < -0.39 is 23.7 Å². The summed E-state index contributed by atoms with van der Waals surface area (Å²) in [6.45, 7) is 8.31. The summed E-state index contributed by atoms with van der Waals surface area (Å²) in [4.78, 5) is 38.2. The van der Waals surface area contributed by atoms with E-state index in [-0.39, 0.29) is 11.7 Å². The second-order valence-electron chi connectivity index (χ2n) is 5.09. The van der Waals surface area contributed by atoms with Crippen molar-refractivity contribution < 1.29 is 19.1 Å². The Hall–Kier alpha value is -1.65. The van der Waals surface area contributed by atoms with Gasteiger partial charge in [0.15, 0.2) is 5.78 Å². The third-order valence-electron chi connectivity index (χ3n) is 3.99. The number of methoxy groups -OCH3 is 1. The van der Waals surface area contributed by atoms with Crippen molar-refractivity contribution in [3.8, 4) is 0 Å². The van der Waals surface area contributed by atoms with Crippen LogP contribution < -0.4 is 0 Å². The lowest BCUT2D eigenvalue weighted by atomic mass is 9.73. The summed E-state index contributed by atoms with van der Waals surface area (Å²) in [5.74, 6) is -2.59. The molecule has 0 saturated carbocycles. The molecule has 20 heavy (non-hydrogen) atoms. The number of carbonyl (C=O) groups excluding carboxylic acids is 3. The highest BCUT2D eigenvalue weighted by molar-refractivity contribution is 6.03. The minimum absolute atomic E-state index is 0.0935. The fourth-order valence-corrected chi connectivity index (χ4v) is 2.75. The number of ketones is 1. The van der Waals surface area contributed by atoms with E-state index in [0.29, 0.717) is 18.7 Å². The van der Waals surface area contributed by atoms with Crippen LogP contribution in [0.25, 0.3) is 0 Å². The summed E-state index contributed by atoms with van der Waals surface area (Å²) in [7, 11) is 1.28. The highest BCUT2D eigenvalue weighted by Gasteiger charge is 2.44. The molecule has 1 amide bonds. The Morgan fingerprint density at radius 2 is 1.85 bits per heavy atom. The molecule has 0 bridgehead atoms. The van der Waals surface area contributed by atoms with Gasteiger partial charge in [0.25, 0.3) is 0 Å². The number of nitrogens with zero attached hydrogens (tertiary/aromatic N) is 1. The van der Waals surface area contributed by atoms with Crippen molar-refractivity contribution >= 4 is 17.7 Å². The molecule has 0 aromatic carbocycles. The molecule has 5 nitrogen and oxygen atoms in total. The lowest BCUT2D eigenvalue weighted by Gasteiger charge is -2.33. The number of esters is 1. The van der Waals surface area contributed by atoms with Crippen LogP contribution in [0.2, 0.25) is 0 Å². The van der Waals surface area contributed by atoms with Gasteiger partial charge in [-0.15, -0.1) is 0 Å². The Morgan fingerprint density at radius 3 is 2.30 bits per heavy atom. The standard InChI is InChI=1S/C15H23NO4/c1-6-16(7-2)14(18)11-8-9(3)13(17)10(4)12(11)15(19)20-5/h8,10-12H,6-7H2,1-5H3/t10-,11-,12+/m0/s1. The monoisotopic (exact) mass is 281 g/mol. The van der Waals surface area contributed by atoms with E-state index in [1.54, 1.807) is 24.8 Å². The highest BCUT2D eigenvalue weighted by Crippen LogP contribution is 2.33. The number of amides is 1. The fraction of sp³-hybridized carbons (Fsp3) is 0.667. The van der Waals surface area contributed by atoms with Crippen molar-refractivity contribution in [2.24, 2.45) is 17.8 Å². The molecule has 0 saturated heterocycles. The minimum Gasteiger partial charge on any atom is -0.469 e. The molecule has 0 aromatic heterocycles. The Balaban J connectivity index is 3.20. The molecule has 0 radical (unpaired) electrons. The number of allylic oxidation sites excluding steroid dienone is 1. The largest absolute Gasteiger partial charge is 0.469 e. The Labute approximate surface area is 120 Å². The second-order valence-corrected chi connectivity index (χ2v) is 5.09. The van der Waals surface area contributed by atoms with Gasteiger partial charge in [-0.05, 0) is 26.3 Å². The van der Waals surface area contributed by atoms with E-state index in [2.05, 4.69) is 0 Å². The van der Waals surface area contributed by atoms with Crippen LogP contribution in [0.5, 0.6) is 0 Å². The smallest absolute Gasteiger partial charge is 0.310 e. The third-order valence-corrected chi connectivity index (χ3v) is 3.99. The van der Waals surface area contributed by atoms with Crippen LogP contribution in [-0.4, -0.2) is 42.8 Å². The maximum absolute atomic E-state index is 12.6. The fourth-order valence-electron chi connectivity index (χ4n) is 2.75. The first-order chi connectivity index (χ1) is 9.38. The van der Waals surface area contributed by atoms with E-state index in [9.17, 15) is 14.4 Å². The van der Waals surface area contributed by atoms with E-state index >= 15 is 0 Å². The van der Waals surface area contributed by atoms with Crippen LogP contribution in [0.3, 0.4) is 0 Å². The van der Waals surface area contributed by atoms with E-state index in [0.717, 1.165) is 0 Å². The number of Topliss-reactive ketones (excluding diaryl/α,β-unsaturated/α-hetero) is 1. The van der Waals surface area contributed by atoms with Crippen molar-refractivity contribution in [1.29, 1.82) is 0 Å². The molecule has 0 unspecified atom stereocenters. The van der Waals surface area contributed by atoms with E-state index in [1.807, 2.05) is 13.8 Å². The first kappa shape index (κ1) is 16.4. The quantitative estimate of drug-likeness (QED) is 0.731. The Kier molecular flexibility index (Phi) is 5.48. The lowest BCUT2D eigenvalue weighted by molar-refractivity contribution is -0.156. The van der Waals surface area contributed by atoms with Gasteiger partial charge < -0.3 is 9.64 Å². The van der Waals surface area contributed by atoms with Gasteiger partial charge in [0.2, 0.25) is 5.91 Å². The Morgan fingerprint density at radius 1 is 1.30 bits per heavy atom. The van der Waals surface area contributed by atoms with Crippen molar-refractivity contribution in [3.05, 3.63) is 11.6 Å². The van der Waals surface area contributed by atoms with Gasteiger partial charge in [-0.25, -0.2) is 0 Å². The number of carbonyl (C=O) groups is 3. The molecule has 0 aromatic rings. The van der Waals surface area contributed by atoms with Gasteiger partial charge in [0, 0.05) is 19.0 Å². The summed E-state index contributed by atoms with van der Waals surface area (Å²) < 4.78 is 4.78. The number of rotatable bonds is 4. The van der Waals surface area contributed by atoms with Crippen LogP contribution in [0.15, 0.2) is 11.6 Å². The predicted octanol–water partition coefficient (Wildman–Crippen LogP) is 1.43. The van der Waals surface area contributed by atoms with E-state index in [4.69, 9.17) is 4.74 Å².